The third-order valence-corrected chi connectivity index (χ3v) is 5.55. The highest BCUT2D eigenvalue weighted by Crippen LogP contribution is 2.26. The fourth-order valence-corrected chi connectivity index (χ4v) is 3.94. The minimum absolute atomic E-state index is 0.0304. The highest BCUT2D eigenvalue weighted by Gasteiger charge is 2.11. The van der Waals surface area contributed by atoms with Crippen molar-refractivity contribution in [3.05, 3.63) is 70.8 Å². The van der Waals surface area contributed by atoms with Crippen molar-refractivity contribution in [3.8, 4) is 17.0 Å². The molecule has 0 unspecified atom stereocenters. The maximum Gasteiger partial charge on any atom is 0.224 e. The molecule has 142 valence electrons. The van der Waals surface area contributed by atoms with Crippen molar-refractivity contribution in [2.45, 2.75) is 12.8 Å². The Kier molecular flexibility index (Phi) is 5.32. The number of nitrogens with one attached hydrogen (secondary N) is 1. The van der Waals surface area contributed by atoms with E-state index in [4.69, 9.17) is 16.3 Å². The van der Waals surface area contributed by atoms with E-state index in [1.165, 1.54) is 0 Å². The zero-order valence-electron chi connectivity index (χ0n) is 15.2. The zero-order valence-corrected chi connectivity index (χ0v) is 16.8. The molecule has 0 radical (unpaired) electrons. The Balaban J connectivity index is 1.44. The number of fused-ring (bicyclic) bond motifs is 1. The number of hydrogen-bond acceptors (Lipinski definition) is 4. The summed E-state index contributed by atoms with van der Waals surface area (Å²) < 4.78 is 7.26. The summed E-state index contributed by atoms with van der Waals surface area (Å²) in [7, 11) is 1.65. The highest BCUT2D eigenvalue weighted by atomic mass is 35.5. The summed E-state index contributed by atoms with van der Waals surface area (Å²) in [5.74, 6) is 0.786. The van der Waals surface area contributed by atoms with Crippen molar-refractivity contribution >= 4 is 39.5 Å². The number of ether oxygens (including phenoxy) is 1. The van der Waals surface area contributed by atoms with Gasteiger partial charge in [0.2, 0.25) is 5.91 Å². The number of hydrogen-bond donors (Lipinski definition) is 1. The van der Waals surface area contributed by atoms with E-state index in [2.05, 4.69) is 20.1 Å². The number of amides is 1. The summed E-state index contributed by atoms with van der Waals surface area (Å²) in [6, 6.07) is 14.9. The molecule has 2 aromatic carbocycles. The summed E-state index contributed by atoms with van der Waals surface area (Å²) in [5.41, 5.74) is 3.75. The van der Waals surface area contributed by atoms with Crippen LogP contribution in [0, 0.1) is 0 Å². The van der Waals surface area contributed by atoms with Crippen LogP contribution in [0.3, 0.4) is 0 Å². The molecule has 0 spiro atoms. The molecule has 0 atom stereocenters. The van der Waals surface area contributed by atoms with Crippen LogP contribution in [0.4, 0.5) is 5.69 Å². The Hall–Kier alpha value is -2.83. The van der Waals surface area contributed by atoms with E-state index in [1.54, 1.807) is 42.7 Å². The number of anilines is 1. The smallest absolute Gasteiger partial charge is 0.224 e. The van der Waals surface area contributed by atoms with Gasteiger partial charge in [0.1, 0.15) is 5.75 Å². The van der Waals surface area contributed by atoms with Gasteiger partial charge in [-0.2, -0.15) is 0 Å². The van der Waals surface area contributed by atoms with Crippen molar-refractivity contribution in [3.63, 3.8) is 0 Å². The van der Waals surface area contributed by atoms with Crippen LogP contribution >= 0.6 is 22.9 Å². The molecule has 1 amide bonds. The van der Waals surface area contributed by atoms with Gasteiger partial charge in [0.05, 0.1) is 12.8 Å². The van der Waals surface area contributed by atoms with Gasteiger partial charge in [-0.05, 0) is 55.0 Å². The average molecular weight is 412 g/mol. The summed E-state index contributed by atoms with van der Waals surface area (Å²) >= 11 is 7.44. The molecule has 4 rings (SSSR count). The first-order chi connectivity index (χ1) is 13.6. The van der Waals surface area contributed by atoms with E-state index < -0.39 is 0 Å². The van der Waals surface area contributed by atoms with E-state index in [0.717, 1.165) is 33.3 Å². The number of halogens is 1. The third-order valence-electron chi connectivity index (χ3n) is 4.41. The first kappa shape index (κ1) is 18.5. The molecule has 0 aliphatic heterocycles. The van der Waals surface area contributed by atoms with Crippen LogP contribution in [-0.2, 0) is 11.2 Å². The Morgan fingerprint density at radius 1 is 1.18 bits per heavy atom. The predicted molar refractivity (Wildman–Crippen MR) is 113 cm³/mol. The van der Waals surface area contributed by atoms with Gasteiger partial charge in [-0.1, -0.05) is 11.6 Å². The van der Waals surface area contributed by atoms with Gasteiger partial charge >= 0.3 is 0 Å². The summed E-state index contributed by atoms with van der Waals surface area (Å²) in [4.78, 5) is 17.8. The minimum atomic E-state index is -0.0304. The van der Waals surface area contributed by atoms with Gasteiger partial charge in [0.15, 0.2) is 4.96 Å². The quantitative estimate of drug-likeness (QED) is 0.468. The number of carbonyl (C=O) groups excluding carboxylic acids is 1. The number of methoxy groups -OCH3 is 1. The highest BCUT2D eigenvalue weighted by molar-refractivity contribution is 7.15. The number of aromatic nitrogens is 2. The molecule has 1 N–H and O–H groups in total. The molecule has 28 heavy (non-hydrogen) atoms. The molecule has 0 aliphatic carbocycles. The maximum absolute atomic E-state index is 12.2. The summed E-state index contributed by atoms with van der Waals surface area (Å²) in [6.45, 7) is 0. The molecule has 5 nitrogen and oxygen atoms in total. The second-order valence-electron chi connectivity index (χ2n) is 6.29. The second-order valence-corrected chi connectivity index (χ2v) is 7.56. The van der Waals surface area contributed by atoms with Crippen LogP contribution in [0.2, 0.25) is 5.02 Å². The number of aryl methyl sites for hydroxylation is 1. The lowest BCUT2D eigenvalue weighted by atomic mass is 10.1. The fourth-order valence-electron chi connectivity index (χ4n) is 2.91. The SMILES string of the molecule is COc1ccc(-c2cn3c(CCC(=O)Nc4ccc(Cl)cc4)csc3n2)cc1. The molecule has 0 bridgehead atoms. The maximum atomic E-state index is 12.2. The molecule has 2 heterocycles. The molecule has 4 aromatic rings. The third kappa shape index (κ3) is 4.03. The molecule has 0 saturated heterocycles. The molecule has 2 aromatic heterocycles. The molecular weight excluding hydrogens is 394 g/mol. The molecule has 0 saturated carbocycles. The number of carbonyl (C=O) groups is 1. The van der Waals surface area contributed by atoms with Crippen molar-refractivity contribution in [1.29, 1.82) is 0 Å². The van der Waals surface area contributed by atoms with E-state index in [-0.39, 0.29) is 5.91 Å². The van der Waals surface area contributed by atoms with E-state index in [0.29, 0.717) is 17.9 Å². The van der Waals surface area contributed by atoms with Crippen molar-refractivity contribution in [1.82, 2.24) is 9.38 Å². The van der Waals surface area contributed by atoms with Crippen LogP contribution in [-0.4, -0.2) is 22.4 Å². The lowest BCUT2D eigenvalue weighted by Crippen LogP contribution is -2.12. The fraction of sp³-hybridized carbons (Fsp3) is 0.143. The monoisotopic (exact) mass is 411 g/mol. The lowest BCUT2D eigenvalue weighted by Gasteiger charge is -2.05. The number of rotatable bonds is 6. The summed E-state index contributed by atoms with van der Waals surface area (Å²) in [6.07, 6.45) is 3.04. The summed E-state index contributed by atoms with van der Waals surface area (Å²) in [5, 5.41) is 5.59. The Morgan fingerprint density at radius 2 is 1.93 bits per heavy atom. The molecule has 7 heteroatoms. The van der Waals surface area contributed by atoms with E-state index in [1.807, 2.05) is 30.5 Å². The van der Waals surface area contributed by atoms with Crippen LogP contribution in [0.25, 0.3) is 16.2 Å². The van der Waals surface area contributed by atoms with Crippen LogP contribution < -0.4 is 10.1 Å². The first-order valence-electron chi connectivity index (χ1n) is 8.78. The number of thiazole rings is 1. The molecular formula is C21H18ClN3O2S. The van der Waals surface area contributed by atoms with Gasteiger partial charge < -0.3 is 10.1 Å². The van der Waals surface area contributed by atoms with E-state index >= 15 is 0 Å². The van der Waals surface area contributed by atoms with E-state index in [9.17, 15) is 4.79 Å². The van der Waals surface area contributed by atoms with Crippen LogP contribution in [0.15, 0.2) is 60.1 Å². The van der Waals surface area contributed by atoms with Crippen LogP contribution in [0.1, 0.15) is 12.1 Å². The van der Waals surface area contributed by atoms with Crippen molar-refractivity contribution in [2.24, 2.45) is 0 Å². The predicted octanol–water partition coefficient (Wildman–Crippen LogP) is 5.30. The number of imidazole rings is 1. The normalized spacial score (nSPS) is 10.9. The number of benzene rings is 2. The average Bonchev–Trinajstić information content (AvgIpc) is 3.29. The van der Waals surface area contributed by atoms with Gasteiger partial charge in [-0.3, -0.25) is 9.20 Å². The second kappa shape index (κ2) is 8.04. The zero-order chi connectivity index (χ0) is 19.5. The largest absolute Gasteiger partial charge is 0.497 e. The topological polar surface area (TPSA) is 55.6 Å². The Morgan fingerprint density at radius 3 is 2.64 bits per heavy atom. The van der Waals surface area contributed by atoms with Gasteiger partial charge in [-0.25, -0.2) is 4.98 Å². The van der Waals surface area contributed by atoms with Gasteiger partial charge in [0, 0.05) is 40.0 Å². The van der Waals surface area contributed by atoms with Crippen LogP contribution in [0.5, 0.6) is 5.75 Å². The lowest BCUT2D eigenvalue weighted by molar-refractivity contribution is -0.116. The first-order valence-corrected chi connectivity index (χ1v) is 10.0. The number of nitrogens with zero attached hydrogens (tertiary/aromatic N) is 2. The molecule has 0 aliphatic rings. The van der Waals surface area contributed by atoms with Crippen molar-refractivity contribution < 1.29 is 9.53 Å². The Bertz CT molecular complexity index is 1100. The standard InChI is InChI=1S/C21H18ClN3O2S/c1-27-18-9-2-14(3-10-18)19-12-25-17(13-28-21(25)24-19)8-11-20(26)23-16-6-4-15(22)5-7-16/h2-7,9-10,12-13H,8,11H2,1H3,(H,23,26). The van der Waals surface area contributed by atoms with Crippen molar-refractivity contribution in [2.75, 3.05) is 12.4 Å². The molecule has 0 fully saturated rings. The Labute approximate surface area is 171 Å². The van der Waals surface area contributed by atoms with Gasteiger partial charge in [-0.15, -0.1) is 11.3 Å². The van der Waals surface area contributed by atoms with Gasteiger partial charge in [0.25, 0.3) is 0 Å². The minimum Gasteiger partial charge on any atom is -0.497 e.